The van der Waals surface area contributed by atoms with Crippen LogP contribution in [0.5, 0.6) is 5.75 Å². The van der Waals surface area contributed by atoms with Gasteiger partial charge in [-0.1, -0.05) is 49.7 Å². The first-order valence-electron chi connectivity index (χ1n) is 13.1. The molecule has 2 fully saturated rings. The van der Waals surface area contributed by atoms with Gasteiger partial charge in [0, 0.05) is 47.5 Å². The molecule has 0 bridgehead atoms. The molecule has 0 radical (unpaired) electrons. The van der Waals surface area contributed by atoms with Crippen molar-refractivity contribution in [2.24, 2.45) is 11.8 Å². The zero-order valence-electron chi connectivity index (χ0n) is 20.8. The number of rotatable bonds is 7. The molecule has 34 heavy (non-hydrogen) atoms. The number of nitrogens with zero attached hydrogens (tertiary/aromatic N) is 1. The summed E-state index contributed by atoms with van der Waals surface area (Å²) in [7, 11) is 0. The molecule has 1 N–H and O–H groups in total. The number of ether oxygens (including phenoxy) is 1. The second-order valence-corrected chi connectivity index (χ2v) is 11.5. The smallest absolute Gasteiger partial charge is 0.121 e. The van der Waals surface area contributed by atoms with Crippen molar-refractivity contribution in [3.8, 4) is 5.75 Å². The quantitative estimate of drug-likeness (QED) is 0.447. The molecule has 4 heteroatoms. The SMILES string of the molecule is C=C1CCc2ccc(OCC3CCC(C)N(CC(C)C4(c5ccc(Cl)cc5)CCC4)C3)cc2N1. The summed E-state index contributed by atoms with van der Waals surface area (Å²) in [5, 5.41) is 4.26. The summed E-state index contributed by atoms with van der Waals surface area (Å²) in [4.78, 5) is 2.73. The summed E-state index contributed by atoms with van der Waals surface area (Å²) in [6, 6.07) is 15.8. The third-order valence-electron chi connectivity index (χ3n) is 8.80. The van der Waals surface area contributed by atoms with Gasteiger partial charge in [-0.2, -0.15) is 0 Å². The molecule has 182 valence electrons. The number of likely N-dealkylation sites (tertiary alicyclic amines) is 1. The number of benzene rings is 2. The van der Waals surface area contributed by atoms with Gasteiger partial charge in [0.2, 0.25) is 0 Å². The van der Waals surface area contributed by atoms with Crippen molar-refractivity contribution in [2.45, 2.75) is 70.3 Å². The van der Waals surface area contributed by atoms with Crippen molar-refractivity contribution >= 4 is 17.3 Å². The monoisotopic (exact) mass is 478 g/mol. The van der Waals surface area contributed by atoms with E-state index in [-0.39, 0.29) is 0 Å². The number of hydrogen-bond donors (Lipinski definition) is 1. The molecule has 1 aliphatic carbocycles. The first-order chi connectivity index (χ1) is 16.4. The number of aryl methyl sites for hydroxylation is 1. The van der Waals surface area contributed by atoms with E-state index in [9.17, 15) is 0 Å². The largest absolute Gasteiger partial charge is 0.493 e. The van der Waals surface area contributed by atoms with Gasteiger partial charge in [0.05, 0.1) is 6.61 Å². The molecule has 2 aliphatic heterocycles. The van der Waals surface area contributed by atoms with Crippen LogP contribution in [0.25, 0.3) is 0 Å². The lowest BCUT2D eigenvalue weighted by atomic mass is 9.58. The lowest BCUT2D eigenvalue weighted by Gasteiger charge is -2.50. The Morgan fingerprint density at radius 1 is 1.15 bits per heavy atom. The molecule has 0 amide bonds. The molecule has 0 aromatic heterocycles. The van der Waals surface area contributed by atoms with Crippen LogP contribution in [0.4, 0.5) is 5.69 Å². The normalized spacial score (nSPS) is 25.1. The fourth-order valence-corrected chi connectivity index (χ4v) is 6.44. The van der Waals surface area contributed by atoms with Crippen molar-refractivity contribution in [3.63, 3.8) is 0 Å². The van der Waals surface area contributed by atoms with Crippen molar-refractivity contribution in [1.29, 1.82) is 0 Å². The molecule has 1 saturated carbocycles. The van der Waals surface area contributed by atoms with Crippen molar-refractivity contribution in [2.75, 3.05) is 25.0 Å². The molecular formula is C30H39ClN2O. The highest BCUT2D eigenvalue weighted by Gasteiger charge is 2.44. The maximum atomic E-state index is 6.31. The Labute approximate surface area is 210 Å². The number of nitrogens with one attached hydrogen (secondary N) is 1. The molecule has 3 aliphatic rings. The maximum Gasteiger partial charge on any atom is 0.121 e. The van der Waals surface area contributed by atoms with Crippen molar-refractivity contribution in [3.05, 3.63) is 70.9 Å². The summed E-state index contributed by atoms with van der Waals surface area (Å²) in [6.07, 6.45) is 8.50. The lowest BCUT2D eigenvalue weighted by molar-refractivity contribution is 0.0459. The number of hydrogen-bond acceptors (Lipinski definition) is 3. The van der Waals surface area contributed by atoms with Crippen LogP contribution in [-0.2, 0) is 11.8 Å². The van der Waals surface area contributed by atoms with Crippen LogP contribution in [0.1, 0.15) is 63.5 Å². The van der Waals surface area contributed by atoms with E-state index in [1.165, 1.54) is 43.2 Å². The Hall–Kier alpha value is -1.97. The van der Waals surface area contributed by atoms with Crippen molar-refractivity contribution < 1.29 is 4.74 Å². The topological polar surface area (TPSA) is 24.5 Å². The first-order valence-corrected chi connectivity index (χ1v) is 13.5. The molecule has 3 nitrogen and oxygen atoms in total. The van der Waals surface area contributed by atoms with E-state index >= 15 is 0 Å². The molecule has 3 atom stereocenters. The predicted molar refractivity (Wildman–Crippen MR) is 143 cm³/mol. The van der Waals surface area contributed by atoms with E-state index < -0.39 is 0 Å². The molecule has 2 aromatic rings. The van der Waals surface area contributed by atoms with Crippen molar-refractivity contribution in [1.82, 2.24) is 4.90 Å². The number of halogens is 1. The third kappa shape index (κ3) is 4.88. The molecular weight excluding hydrogens is 440 g/mol. The van der Waals surface area contributed by atoms with E-state index in [2.05, 4.69) is 73.1 Å². The van der Waals surface area contributed by atoms with Crippen LogP contribution in [-0.4, -0.2) is 30.6 Å². The van der Waals surface area contributed by atoms with Crippen LogP contribution in [0, 0.1) is 11.8 Å². The highest BCUT2D eigenvalue weighted by Crippen LogP contribution is 2.50. The van der Waals surface area contributed by atoms with Gasteiger partial charge in [0.15, 0.2) is 0 Å². The second kappa shape index (κ2) is 9.95. The van der Waals surface area contributed by atoms with Crippen LogP contribution in [0.3, 0.4) is 0 Å². The second-order valence-electron chi connectivity index (χ2n) is 11.0. The number of fused-ring (bicyclic) bond motifs is 1. The summed E-state index contributed by atoms with van der Waals surface area (Å²) in [5.74, 6) is 2.18. The molecule has 5 rings (SSSR count). The minimum atomic E-state index is 0.313. The minimum Gasteiger partial charge on any atom is -0.493 e. The lowest BCUT2D eigenvalue weighted by Crippen LogP contribution is -2.50. The predicted octanol–water partition coefficient (Wildman–Crippen LogP) is 7.45. The van der Waals surface area contributed by atoms with Gasteiger partial charge in [-0.15, -0.1) is 0 Å². The Morgan fingerprint density at radius 2 is 1.94 bits per heavy atom. The molecule has 2 heterocycles. The molecule has 1 saturated heterocycles. The Morgan fingerprint density at radius 3 is 2.68 bits per heavy atom. The third-order valence-corrected chi connectivity index (χ3v) is 9.05. The summed E-state index contributed by atoms with van der Waals surface area (Å²) in [6.45, 7) is 12.0. The average molecular weight is 479 g/mol. The first kappa shape index (κ1) is 23.8. The van der Waals surface area contributed by atoms with E-state index in [0.717, 1.165) is 54.7 Å². The van der Waals surface area contributed by atoms with Gasteiger partial charge >= 0.3 is 0 Å². The van der Waals surface area contributed by atoms with Gasteiger partial charge < -0.3 is 10.1 Å². The van der Waals surface area contributed by atoms with Gasteiger partial charge in [0.1, 0.15) is 5.75 Å². The fraction of sp³-hybridized carbons (Fsp3) is 0.533. The number of piperidine rings is 1. The summed E-state index contributed by atoms with van der Waals surface area (Å²) >= 11 is 6.18. The average Bonchev–Trinajstić information content (AvgIpc) is 2.79. The van der Waals surface area contributed by atoms with Gasteiger partial charge in [-0.05, 0) is 86.1 Å². The van der Waals surface area contributed by atoms with E-state index in [1.807, 2.05) is 0 Å². The Bertz CT molecular complexity index is 1010. The van der Waals surface area contributed by atoms with Crippen LogP contribution >= 0.6 is 11.6 Å². The minimum absolute atomic E-state index is 0.313. The highest BCUT2D eigenvalue weighted by atomic mass is 35.5. The maximum absolute atomic E-state index is 6.31. The van der Waals surface area contributed by atoms with Gasteiger partial charge in [-0.25, -0.2) is 0 Å². The number of allylic oxidation sites excluding steroid dienone is 1. The van der Waals surface area contributed by atoms with Crippen LogP contribution in [0.2, 0.25) is 5.02 Å². The Balaban J connectivity index is 1.20. The standard InChI is InChI=1S/C30H39ClN2O/c1-21(30(15-4-16-30)26-10-12-27(31)13-11-26)18-33-19-24(7-6-23(33)3)20-34-28-14-9-25-8-5-22(2)32-29(25)17-28/h9-14,17,21,23-24,32H,2,4-8,15-16,18-20H2,1,3H3. The zero-order chi connectivity index (χ0) is 23.7. The molecule has 3 unspecified atom stereocenters. The van der Waals surface area contributed by atoms with E-state index in [0.29, 0.717) is 23.3 Å². The highest BCUT2D eigenvalue weighted by molar-refractivity contribution is 6.30. The molecule has 0 spiro atoms. The van der Waals surface area contributed by atoms with Gasteiger partial charge in [0.25, 0.3) is 0 Å². The number of anilines is 1. The Kier molecular flexibility index (Phi) is 6.95. The van der Waals surface area contributed by atoms with E-state index in [4.69, 9.17) is 16.3 Å². The van der Waals surface area contributed by atoms with E-state index in [1.54, 1.807) is 0 Å². The summed E-state index contributed by atoms with van der Waals surface area (Å²) in [5.41, 5.74) is 5.40. The summed E-state index contributed by atoms with van der Waals surface area (Å²) < 4.78 is 6.31. The van der Waals surface area contributed by atoms with Crippen LogP contribution in [0.15, 0.2) is 54.7 Å². The fourth-order valence-electron chi connectivity index (χ4n) is 6.32. The van der Waals surface area contributed by atoms with Crippen LogP contribution < -0.4 is 10.1 Å². The zero-order valence-corrected chi connectivity index (χ0v) is 21.5. The van der Waals surface area contributed by atoms with Gasteiger partial charge in [-0.3, -0.25) is 4.90 Å². The molecule has 2 aromatic carbocycles.